The lowest BCUT2D eigenvalue weighted by Crippen LogP contribution is -2.41. The minimum absolute atomic E-state index is 0.0491. The first-order valence-corrected chi connectivity index (χ1v) is 9.38. The quantitative estimate of drug-likeness (QED) is 0.404. The van der Waals surface area contributed by atoms with Crippen LogP contribution in [0.2, 0.25) is 0 Å². The molecule has 0 radical (unpaired) electrons. The fourth-order valence-corrected chi connectivity index (χ4v) is 3.00. The van der Waals surface area contributed by atoms with Crippen molar-refractivity contribution in [1.29, 1.82) is 0 Å². The van der Waals surface area contributed by atoms with Crippen LogP contribution in [0.25, 0.3) is 0 Å². The fourth-order valence-electron chi connectivity index (χ4n) is 3.00. The van der Waals surface area contributed by atoms with Crippen LogP contribution in [0.4, 0.5) is 0 Å². The van der Waals surface area contributed by atoms with Crippen LogP contribution in [0.15, 0.2) is 12.2 Å². The molecule has 0 spiro atoms. The Bertz CT molecular complexity index is 357. The molecule has 4 nitrogen and oxygen atoms in total. The zero-order valence-corrected chi connectivity index (χ0v) is 15.3. The summed E-state index contributed by atoms with van der Waals surface area (Å²) in [6, 6.07) is 0.654. The topological polar surface area (TPSA) is 52.6 Å². The molecule has 134 valence electrons. The highest BCUT2D eigenvalue weighted by Gasteiger charge is 2.32. The van der Waals surface area contributed by atoms with Gasteiger partial charge in [0, 0.05) is 19.0 Å². The van der Waals surface area contributed by atoms with E-state index in [2.05, 4.69) is 24.4 Å². The van der Waals surface area contributed by atoms with Crippen LogP contribution < -0.4 is 5.32 Å². The van der Waals surface area contributed by atoms with E-state index in [0.717, 1.165) is 38.1 Å². The van der Waals surface area contributed by atoms with Gasteiger partial charge in [0.2, 0.25) is 5.91 Å². The van der Waals surface area contributed by atoms with Crippen LogP contribution in [0.5, 0.6) is 0 Å². The van der Waals surface area contributed by atoms with Gasteiger partial charge in [0.05, 0.1) is 12.6 Å². The molecule has 1 fully saturated rings. The van der Waals surface area contributed by atoms with Crippen LogP contribution >= 0.6 is 0 Å². The number of unbranched alkanes of at least 4 members (excludes halogenated alkanes) is 4. The summed E-state index contributed by atoms with van der Waals surface area (Å²) in [5.41, 5.74) is 0. The molecule has 1 aliphatic rings. The van der Waals surface area contributed by atoms with Crippen molar-refractivity contribution in [3.8, 4) is 0 Å². The molecular formula is C19H36N2O2. The standard InChI is InChI=1S/C19H36N2O2/c1-4-13-21(16(2)15-22)19(23)12-10-8-6-5-7-9-11-17-14-18(17)20-3/h9,11,16-18,20,22H,4-8,10,12-15H2,1-3H3/b11-9-/t16?,17-,18?/m1/s1. The second-order valence-corrected chi connectivity index (χ2v) is 6.79. The lowest BCUT2D eigenvalue weighted by atomic mass is 10.1. The van der Waals surface area contributed by atoms with Crippen molar-refractivity contribution >= 4 is 5.91 Å². The van der Waals surface area contributed by atoms with Gasteiger partial charge in [0.25, 0.3) is 0 Å². The van der Waals surface area contributed by atoms with E-state index in [1.165, 1.54) is 19.3 Å². The normalized spacial score (nSPS) is 21.6. The second-order valence-electron chi connectivity index (χ2n) is 6.79. The minimum atomic E-state index is -0.0588. The SMILES string of the molecule is CCCN(C(=O)CCCCCC/C=C\[C@@H]1CC1NC)C(C)CO. The lowest BCUT2D eigenvalue weighted by molar-refractivity contribution is -0.134. The Morgan fingerprint density at radius 1 is 1.35 bits per heavy atom. The number of hydrogen-bond donors (Lipinski definition) is 2. The molecule has 0 bridgehead atoms. The maximum absolute atomic E-state index is 12.2. The summed E-state index contributed by atoms with van der Waals surface area (Å²) in [5.74, 6) is 0.954. The summed E-state index contributed by atoms with van der Waals surface area (Å²) < 4.78 is 0. The lowest BCUT2D eigenvalue weighted by Gasteiger charge is -2.27. The Morgan fingerprint density at radius 2 is 2.09 bits per heavy atom. The molecule has 0 saturated heterocycles. The average molecular weight is 325 g/mol. The van der Waals surface area contributed by atoms with E-state index in [9.17, 15) is 9.90 Å². The third kappa shape index (κ3) is 7.98. The highest BCUT2D eigenvalue weighted by atomic mass is 16.3. The number of carbonyl (C=O) groups excluding carboxylic acids is 1. The molecule has 1 rings (SSSR count). The summed E-state index contributed by atoms with van der Waals surface area (Å²) in [6.45, 7) is 4.78. The zero-order valence-electron chi connectivity index (χ0n) is 15.3. The van der Waals surface area contributed by atoms with Gasteiger partial charge in [-0.05, 0) is 52.0 Å². The van der Waals surface area contributed by atoms with Gasteiger partial charge < -0.3 is 15.3 Å². The molecule has 3 atom stereocenters. The highest BCUT2D eigenvalue weighted by molar-refractivity contribution is 5.76. The number of nitrogens with one attached hydrogen (secondary N) is 1. The van der Waals surface area contributed by atoms with E-state index in [0.29, 0.717) is 12.5 Å². The molecule has 2 N–H and O–H groups in total. The largest absolute Gasteiger partial charge is 0.394 e. The molecule has 1 aliphatic carbocycles. The van der Waals surface area contributed by atoms with Gasteiger partial charge >= 0.3 is 0 Å². The molecular weight excluding hydrogens is 288 g/mol. The van der Waals surface area contributed by atoms with Crippen molar-refractivity contribution in [2.24, 2.45) is 5.92 Å². The Hall–Kier alpha value is -0.870. The number of aliphatic hydroxyl groups is 1. The van der Waals surface area contributed by atoms with Crippen LogP contribution in [0.1, 0.15) is 65.2 Å². The van der Waals surface area contributed by atoms with Crippen LogP contribution in [0.3, 0.4) is 0 Å². The molecule has 23 heavy (non-hydrogen) atoms. The molecule has 0 aromatic carbocycles. The van der Waals surface area contributed by atoms with Crippen molar-refractivity contribution in [1.82, 2.24) is 10.2 Å². The van der Waals surface area contributed by atoms with Crippen molar-refractivity contribution in [2.45, 2.75) is 77.3 Å². The van der Waals surface area contributed by atoms with Crippen molar-refractivity contribution < 1.29 is 9.90 Å². The predicted octanol–water partition coefficient (Wildman–Crippen LogP) is 3.11. The van der Waals surface area contributed by atoms with E-state index in [4.69, 9.17) is 0 Å². The van der Waals surface area contributed by atoms with Crippen LogP contribution in [-0.2, 0) is 4.79 Å². The zero-order chi connectivity index (χ0) is 17.1. The molecule has 4 heteroatoms. The first-order valence-electron chi connectivity index (χ1n) is 9.38. The monoisotopic (exact) mass is 324 g/mol. The van der Waals surface area contributed by atoms with Gasteiger partial charge in [0.1, 0.15) is 0 Å². The second kappa shape index (κ2) is 11.6. The number of aliphatic hydroxyl groups excluding tert-OH is 1. The first kappa shape index (κ1) is 20.2. The number of allylic oxidation sites excluding steroid dienone is 1. The van der Waals surface area contributed by atoms with E-state index in [1.54, 1.807) is 0 Å². The molecule has 0 aliphatic heterocycles. The van der Waals surface area contributed by atoms with E-state index >= 15 is 0 Å². The average Bonchev–Trinajstić information content (AvgIpc) is 3.32. The Balaban J connectivity index is 2.03. The number of carbonyl (C=O) groups is 1. The van der Waals surface area contributed by atoms with Gasteiger partial charge in [-0.2, -0.15) is 0 Å². The smallest absolute Gasteiger partial charge is 0.222 e. The maximum Gasteiger partial charge on any atom is 0.222 e. The molecule has 1 amide bonds. The molecule has 0 aromatic heterocycles. The van der Waals surface area contributed by atoms with Crippen LogP contribution in [-0.4, -0.2) is 48.2 Å². The van der Waals surface area contributed by atoms with E-state index in [1.807, 2.05) is 18.9 Å². The molecule has 1 saturated carbocycles. The number of amides is 1. The van der Waals surface area contributed by atoms with Gasteiger partial charge in [-0.1, -0.05) is 31.9 Å². The summed E-state index contributed by atoms with van der Waals surface area (Å²) in [4.78, 5) is 14.0. The van der Waals surface area contributed by atoms with Gasteiger partial charge in [-0.3, -0.25) is 4.79 Å². The number of nitrogens with zero attached hydrogens (tertiary/aromatic N) is 1. The molecule has 2 unspecified atom stereocenters. The third-order valence-corrected chi connectivity index (χ3v) is 4.69. The predicted molar refractivity (Wildman–Crippen MR) is 96.3 cm³/mol. The van der Waals surface area contributed by atoms with Gasteiger partial charge in [-0.25, -0.2) is 0 Å². The summed E-state index contributed by atoms with van der Waals surface area (Å²) in [5, 5.41) is 12.5. The number of hydrogen-bond acceptors (Lipinski definition) is 3. The summed E-state index contributed by atoms with van der Waals surface area (Å²) >= 11 is 0. The van der Waals surface area contributed by atoms with Gasteiger partial charge in [-0.15, -0.1) is 0 Å². The first-order chi connectivity index (χ1) is 11.1. The Labute approximate surface area is 142 Å². The van der Waals surface area contributed by atoms with Crippen molar-refractivity contribution in [3.05, 3.63) is 12.2 Å². The van der Waals surface area contributed by atoms with Gasteiger partial charge in [0.15, 0.2) is 0 Å². The Morgan fingerprint density at radius 3 is 2.70 bits per heavy atom. The van der Waals surface area contributed by atoms with E-state index < -0.39 is 0 Å². The maximum atomic E-state index is 12.2. The van der Waals surface area contributed by atoms with E-state index in [-0.39, 0.29) is 18.6 Å². The van der Waals surface area contributed by atoms with Crippen molar-refractivity contribution in [2.75, 3.05) is 20.2 Å². The molecule has 0 heterocycles. The summed E-state index contributed by atoms with van der Waals surface area (Å²) in [6.07, 6.45) is 13.2. The minimum Gasteiger partial charge on any atom is -0.394 e. The highest BCUT2D eigenvalue weighted by Crippen LogP contribution is 2.31. The molecule has 0 aromatic rings. The fraction of sp³-hybridized carbons (Fsp3) is 0.842. The Kier molecular flexibility index (Phi) is 10.2. The van der Waals surface area contributed by atoms with Crippen molar-refractivity contribution in [3.63, 3.8) is 0 Å². The third-order valence-electron chi connectivity index (χ3n) is 4.69. The summed E-state index contributed by atoms with van der Waals surface area (Å²) in [7, 11) is 2.03. The number of rotatable bonds is 13. The van der Waals surface area contributed by atoms with Crippen LogP contribution in [0, 0.1) is 5.92 Å².